The number of aliphatic carboxylic acids is 1. The molecule has 0 saturated heterocycles. The number of hydrogen-bond donors (Lipinski definition) is 1. The van der Waals surface area contributed by atoms with Crippen LogP contribution in [-0.4, -0.2) is 31.5 Å². The maximum atomic E-state index is 10.9. The fraction of sp³-hybridized carbons (Fsp3) is 0.875. The van der Waals surface area contributed by atoms with Gasteiger partial charge in [0.1, 0.15) is 9.84 Å². The summed E-state index contributed by atoms with van der Waals surface area (Å²) in [6.45, 7) is 3.75. The van der Waals surface area contributed by atoms with Gasteiger partial charge in [-0.05, 0) is 12.3 Å². The number of carboxylic acids is 1. The highest BCUT2D eigenvalue weighted by molar-refractivity contribution is 7.90. The van der Waals surface area contributed by atoms with E-state index >= 15 is 0 Å². The lowest BCUT2D eigenvalue weighted by molar-refractivity contribution is -0.141. The molecular weight excluding hydrogens is 192 g/mol. The first-order valence-electron chi connectivity index (χ1n) is 4.13. The third-order valence-electron chi connectivity index (χ3n) is 1.61. The summed E-state index contributed by atoms with van der Waals surface area (Å²) >= 11 is 0. The van der Waals surface area contributed by atoms with E-state index in [4.69, 9.17) is 5.11 Å². The van der Waals surface area contributed by atoms with Crippen molar-refractivity contribution in [3.63, 3.8) is 0 Å². The first kappa shape index (κ1) is 12.4. The topological polar surface area (TPSA) is 71.4 Å². The highest BCUT2D eigenvalue weighted by atomic mass is 32.2. The minimum Gasteiger partial charge on any atom is -0.481 e. The van der Waals surface area contributed by atoms with Crippen molar-refractivity contribution in [2.24, 2.45) is 11.8 Å². The predicted molar refractivity (Wildman–Crippen MR) is 50.3 cm³/mol. The largest absolute Gasteiger partial charge is 0.481 e. The summed E-state index contributed by atoms with van der Waals surface area (Å²) in [5, 5.41) is 8.72. The molecule has 0 radical (unpaired) electrons. The lowest BCUT2D eigenvalue weighted by Gasteiger charge is -2.12. The molecule has 0 amide bonds. The van der Waals surface area contributed by atoms with E-state index in [2.05, 4.69) is 0 Å². The number of carbonyl (C=O) groups is 1. The van der Waals surface area contributed by atoms with E-state index < -0.39 is 21.7 Å². The van der Waals surface area contributed by atoms with Crippen LogP contribution in [0.25, 0.3) is 0 Å². The lowest BCUT2D eigenvalue weighted by atomic mass is 9.99. The van der Waals surface area contributed by atoms with Gasteiger partial charge in [0, 0.05) is 6.26 Å². The molecule has 0 rings (SSSR count). The molecule has 13 heavy (non-hydrogen) atoms. The highest BCUT2D eigenvalue weighted by Crippen LogP contribution is 2.13. The lowest BCUT2D eigenvalue weighted by Crippen LogP contribution is -2.24. The maximum absolute atomic E-state index is 10.9. The number of hydrogen-bond acceptors (Lipinski definition) is 3. The summed E-state index contributed by atoms with van der Waals surface area (Å²) in [5.74, 6) is -1.86. The molecule has 4 nitrogen and oxygen atoms in total. The average Bonchev–Trinajstić information content (AvgIpc) is 1.81. The first-order chi connectivity index (χ1) is 5.72. The van der Waals surface area contributed by atoms with Crippen LogP contribution in [-0.2, 0) is 14.6 Å². The van der Waals surface area contributed by atoms with Crippen molar-refractivity contribution in [3.05, 3.63) is 0 Å². The molecular formula is C8H16O4S. The average molecular weight is 208 g/mol. The highest BCUT2D eigenvalue weighted by Gasteiger charge is 2.23. The molecule has 0 bridgehead atoms. The van der Waals surface area contributed by atoms with Gasteiger partial charge >= 0.3 is 5.97 Å². The standard InChI is InChI=1S/C8H16O4S/c1-6(2)4-7(8(9)10)5-13(3,11)12/h6-7H,4-5H2,1-3H3,(H,9,10). The molecule has 1 atom stereocenters. The second-order valence-corrected chi connectivity index (χ2v) is 5.94. The first-order valence-corrected chi connectivity index (χ1v) is 6.19. The number of sulfone groups is 1. The molecule has 1 unspecified atom stereocenters. The Bertz CT molecular complexity index is 266. The van der Waals surface area contributed by atoms with E-state index in [0.717, 1.165) is 6.26 Å². The van der Waals surface area contributed by atoms with Crippen LogP contribution in [0.5, 0.6) is 0 Å². The van der Waals surface area contributed by atoms with Crippen LogP contribution < -0.4 is 0 Å². The minimum atomic E-state index is -3.19. The van der Waals surface area contributed by atoms with E-state index in [-0.39, 0.29) is 11.7 Å². The van der Waals surface area contributed by atoms with E-state index in [9.17, 15) is 13.2 Å². The molecule has 0 heterocycles. The molecule has 0 aromatic heterocycles. The predicted octanol–water partition coefficient (Wildman–Crippen LogP) is 0.778. The van der Waals surface area contributed by atoms with Crippen molar-refractivity contribution in [2.45, 2.75) is 20.3 Å². The van der Waals surface area contributed by atoms with Crippen molar-refractivity contribution in [1.29, 1.82) is 0 Å². The molecule has 78 valence electrons. The third-order valence-corrected chi connectivity index (χ3v) is 2.62. The Morgan fingerprint density at radius 1 is 1.38 bits per heavy atom. The fourth-order valence-corrected chi connectivity index (χ4v) is 2.18. The number of carboxylic acid groups (broad SMARTS) is 1. The van der Waals surface area contributed by atoms with Gasteiger partial charge in [-0.15, -0.1) is 0 Å². The zero-order chi connectivity index (χ0) is 10.6. The summed E-state index contributed by atoms with van der Waals surface area (Å²) < 4.78 is 21.7. The quantitative estimate of drug-likeness (QED) is 0.724. The van der Waals surface area contributed by atoms with Crippen molar-refractivity contribution in [3.8, 4) is 0 Å². The third kappa shape index (κ3) is 6.57. The molecule has 0 aliphatic carbocycles. The second-order valence-electron chi connectivity index (χ2n) is 3.76. The molecule has 5 heteroatoms. The van der Waals surface area contributed by atoms with Crippen LogP contribution in [0.2, 0.25) is 0 Å². The van der Waals surface area contributed by atoms with Gasteiger partial charge in [0.2, 0.25) is 0 Å². The van der Waals surface area contributed by atoms with Gasteiger partial charge in [-0.25, -0.2) is 8.42 Å². The normalized spacial score (nSPS) is 14.5. The Kier molecular flexibility index (Phi) is 4.39. The van der Waals surface area contributed by atoms with Gasteiger partial charge < -0.3 is 5.11 Å². The molecule has 0 saturated carbocycles. The van der Waals surface area contributed by atoms with Crippen LogP contribution in [0.3, 0.4) is 0 Å². The van der Waals surface area contributed by atoms with Crippen molar-refractivity contribution >= 4 is 15.8 Å². The molecule has 0 aliphatic heterocycles. The van der Waals surface area contributed by atoms with E-state index in [1.54, 1.807) is 0 Å². The summed E-state index contributed by atoms with van der Waals surface area (Å²) in [6.07, 6.45) is 1.46. The van der Waals surface area contributed by atoms with E-state index in [1.165, 1.54) is 0 Å². The molecule has 1 N–H and O–H groups in total. The maximum Gasteiger partial charge on any atom is 0.307 e. The monoisotopic (exact) mass is 208 g/mol. The van der Waals surface area contributed by atoms with Gasteiger partial charge in [-0.3, -0.25) is 4.79 Å². The van der Waals surface area contributed by atoms with E-state index in [0.29, 0.717) is 6.42 Å². The molecule has 0 aromatic rings. The van der Waals surface area contributed by atoms with Gasteiger partial charge in [-0.1, -0.05) is 13.8 Å². The summed E-state index contributed by atoms with van der Waals surface area (Å²) in [6, 6.07) is 0. The molecule has 0 aromatic carbocycles. The van der Waals surface area contributed by atoms with Gasteiger partial charge in [0.15, 0.2) is 0 Å². The van der Waals surface area contributed by atoms with Crippen LogP contribution in [0.1, 0.15) is 20.3 Å². The molecule has 0 spiro atoms. The Labute approximate surface area is 78.9 Å². The molecule has 0 fully saturated rings. The van der Waals surface area contributed by atoms with Crippen LogP contribution >= 0.6 is 0 Å². The minimum absolute atomic E-state index is 0.197. The van der Waals surface area contributed by atoms with Crippen molar-refractivity contribution in [1.82, 2.24) is 0 Å². The van der Waals surface area contributed by atoms with Crippen LogP contribution in [0, 0.1) is 11.8 Å². The Morgan fingerprint density at radius 2 is 1.85 bits per heavy atom. The molecule has 0 aliphatic rings. The smallest absolute Gasteiger partial charge is 0.307 e. The zero-order valence-electron chi connectivity index (χ0n) is 8.15. The fourth-order valence-electron chi connectivity index (χ4n) is 1.17. The Balaban J connectivity index is 4.37. The number of rotatable bonds is 5. The SMILES string of the molecule is CC(C)CC(CS(C)(=O)=O)C(=O)O. The van der Waals surface area contributed by atoms with Gasteiger partial charge in [0.05, 0.1) is 11.7 Å². The van der Waals surface area contributed by atoms with Gasteiger partial charge in [-0.2, -0.15) is 0 Å². The van der Waals surface area contributed by atoms with E-state index in [1.807, 2.05) is 13.8 Å². The summed E-state index contributed by atoms with van der Waals surface area (Å²) in [7, 11) is -3.19. The summed E-state index contributed by atoms with van der Waals surface area (Å²) in [5.41, 5.74) is 0. The van der Waals surface area contributed by atoms with Crippen LogP contribution in [0.15, 0.2) is 0 Å². The Hall–Kier alpha value is -0.580. The van der Waals surface area contributed by atoms with Crippen molar-refractivity contribution < 1.29 is 18.3 Å². The summed E-state index contributed by atoms with van der Waals surface area (Å²) in [4.78, 5) is 10.6. The Morgan fingerprint density at radius 3 is 2.08 bits per heavy atom. The zero-order valence-corrected chi connectivity index (χ0v) is 8.97. The van der Waals surface area contributed by atoms with Gasteiger partial charge in [0.25, 0.3) is 0 Å². The van der Waals surface area contributed by atoms with Crippen molar-refractivity contribution in [2.75, 3.05) is 12.0 Å². The second kappa shape index (κ2) is 4.60. The van der Waals surface area contributed by atoms with Crippen LogP contribution in [0.4, 0.5) is 0 Å².